The monoisotopic (exact) mass is 311 g/mol. The minimum absolute atomic E-state index is 0.171. The molecule has 1 heterocycles. The van der Waals surface area contributed by atoms with Crippen LogP contribution in [0.4, 0.5) is 0 Å². The van der Waals surface area contributed by atoms with E-state index in [1.54, 1.807) is 18.2 Å². The fourth-order valence-electron chi connectivity index (χ4n) is 2.95. The summed E-state index contributed by atoms with van der Waals surface area (Å²) in [7, 11) is -3.20. The summed E-state index contributed by atoms with van der Waals surface area (Å²) in [6, 6.07) is 7.29. The Morgan fingerprint density at radius 3 is 2.86 bits per heavy atom. The van der Waals surface area contributed by atoms with E-state index in [9.17, 15) is 13.5 Å². The van der Waals surface area contributed by atoms with Crippen LogP contribution in [-0.4, -0.2) is 49.9 Å². The van der Waals surface area contributed by atoms with Crippen molar-refractivity contribution >= 4 is 9.84 Å². The van der Waals surface area contributed by atoms with Crippen LogP contribution in [0, 0.1) is 6.92 Å². The summed E-state index contributed by atoms with van der Waals surface area (Å²) in [6.45, 7) is 3.79. The van der Waals surface area contributed by atoms with Crippen molar-refractivity contribution in [2.45, 2.75) is 43.5 Å². The SMILES string of the molecule is Cc1cccc(S(=O)(=O)CCCN2CCCC[C@@H]2CO)c1. The Kier molecular flexibility index (Phi) is 5.79. The number of rotatable bonds is 6. The van der Waals surface area contributed by atoms with Crippen LogP contribution in [0.5, 0.6) is 0 Å². The van der Waals surface area contributed by atoms with Crippen LogP contribution >= 0.6 is 0 Å². The molecule has 1 fully saturated rings. The third kappa shape index (κ3) is 4.53. The Morgan fingerprint density at radius 1 is 1.33 bits per heavy atom. The van der Waals surface area contributed by atoms with Gasteiger partial charge in [0.2, 0.25) is 0 Å². The van der Waals surface area contributed by atoms with Gasteiger partial charge in [-0.15, -0.1) is 0 Å². The molecular weight excluding hydrogens is 286 g/mol. The lowest BCUT2D eigenvalue weighted by Crippen LogP contribution is -2.42. The second-order valence-corrected chi connectivity index (χ2v) is 7.97. The maximum absolute atomic E-state index is 12.3. The maximum atomic E-state index is 12.3. The summed E-state index contributed by atoms with van der Waals surface area (Å²) in [5, 5.41) is 9.37. The molecule has 118 valence electrons. The normalized spacial score (nSPS) is 20.6. The highest BCUT2D eigenvalue weighted by Crippen LogP contribution is 2.18. The molecule has 1 aliphatic rings. The zero-order chi connectivity index (χ0) is 15.3. The molecule has 1 aliphatic heterocycles. The molecule has 2 rings (SSSR count). The number of nitrogens with zero attached hydrogens (tertiary/aromatic N) is 1. The van der Waals surface area contributed by atoms with Crippen molar-refractivity contribution in [2.24, 2.45) is 0 Å². The molecule has 1 aromatic carbocycles. The average Bonchev–Trinajstić information content (AvgIpc) is 2.47. The van der Waals surface area contributed by atoms with Crippen molar-refractivity contribution in [3.05, 3.63) is 29.8 Å². The third-order valence-corrected chi connectivity index (χ3v) is 5.97. The molecule has 0 amide bonds. The number of likely N-dealkylation sites (tertiary alicyclic amines) is 1. The minimum Gasteiger partial charge on any atom is -0.395 e. The fraction of sp³-hybridized carbons (Fsp3) is 0.625. The van der Waals surface area contributed by atoms with Crippen molar-refractivity contribution < 1.29 is 13.5 Å². The first kappa shape index (κ1) is 16.5. The first-order chi connectivity index (χ1) is 10.0. The molecule has 0 spiro atoms. The molecule has 1 N–H and O–H groups in total. The molecule has 1 atom stereocenters. The quantitative estimate of drug-likeness (QED) is 0.873. The highest BCUT2D eigenvalue weighted by molar-refractivity contribution is 7.91. The molecule has 21 heavy (non-hydrogen) atoms. The number of sulfone groups is 1. The van der Waals surface area contributed by atoms with E-state index in [0.29, 0.717) is 11.3 Å². The summed E-state index contributed by atoms with van der Waals surface area (Å²) < 4.78 is 24.6. The zero-order valence-corrected chi connectivity index (χ0v) is 13.5. The minimum atomic E-state index is -3.20. The van der Waals surface area contributed by atoms with E-state index in [2.05, 4.69) is 4.90 Å². The lowest BCUT2D eigenvalue weighted by atomic mass is 10.0. The molecule has 0 aromatic heterocycles. The van der Waals surface area contributed by atoms with E-state index in [1.807, 2.05) is 13.0 Å². The second kappa shape index (κ2) is 7.38. The van der Waals surface area contributed by atoms with Gasteiger partial charge in [0.1, 0.15) is 0 Å². The van der Waals surface area contributed by atoms with Crippen molar-refractivity contribution in [1.29, 1.82) is 0 Å². The topological polar surface area (TPSA) is 57.6 Å². The summed E-state index contributed by atoms with van der Waals surface area (Å²) >= 11 is 0. The van der Waals surface area contributed by atoms with Crippen LogP contribution in [0.3, 0.4) is 0 Å². The van der Waals surface area contributed by atoms with Crippen LogP contribution in [-0.2, 0) is 9.84 Å². The number of hydrogen-bond acceptors (Lipinski definition) is 4. The Hall–Kier alpha value is -0.910. The highest BCUT2D eigenvalue weighted by Gasteiger charge is 2.22. The maximum Gasteiger partial charge on any atom is 0.178 e. The standard InChI is InChI=1S/C16H25NO3S/c1-14-6-4-8-16(12-14)21(19,20)11-5-10-17-9-3-2-7-15(17)13-18/h4,6,8,12,15,18H,2-3,5,7,9-11,13H2,1H3/t15-/m1/s1. The van der Waals surface area contributed by atoms with Gasteiger partial charge in [0, 0.05) is 6.04 Å². The number of aliphatic hydroxyl groups is 1. The van der Waals surface area contributed by atoms with Crippen LogP contribution in [0.2, 0.25) is 0 Å². The largest absolute Gasteiger partial charge is 0.395 e. The van der Waals surface area contributed by atoms with Gasteiger partial charge in [-0.25, -0.2) is 8.42 Å². The van der Waals surface area contributed by atoms with Gasteiger partial charge in [0.25, 0.3) is 0 Å². The predicted molar refractivity (Wildman–Crippen MR) is 84.1 cm³/mol. The Balaban J connectivity index is 1.90. The lowest BCUT2D eigenvalue weighted by molar-refractivity contribution is 0.0906. The van der Waals surface area contributed by atoms with Crippen molar-refractivity contribution in [3.8, 4) is 0 Å². The number of aryl methyl sites for hydroxylation is 1. The summed E-state index contributed by atoms with van der Waals surface area (Å²) in [5.41, 5.74) is 0.965. The molecule has 1 saturated heterocycles. The van der Waals surface area contributed by atoms with Crippen molar-refractivity contribution in [1.82, 2.24) is 4.90 Å². The van der Waals surface area contributed by atoms with E-state index in [-0.39, 0.29) is 18.4 Å². The predicted octanol–water partition coefficient (Wildman–Crippen LogP) is 2.01. The Bertz CT molecular complexity index is 556. The van der Waals surface area contributed by atoms with Gasteiger partial charge in [-0.05, 0) is 57.0 Å². The average molecular weight is 311 g/mol. The molecule has 0 unspecified atom stereocenters. The Morgan fingerprint density at radius 2 is 2.14 bits per heavy atom. The first-order valence-corrected chi connectivity index (χ1v) is 9.32. The number of piperidine rings is 1. The molecule has 5 heteroatoms. The third-order valence-electron chi connectivity index (χ3n) is 4.17. The lowest BCUT2D eigenvalue weighted by Gasteiger charge is -2.34. The summed E-state index contributed by atoms with van der Waals surface area (Å²) in [5.74, 6) is 0.172. The van der Waals surface area contributed by atoms with Crippen LogP contribution < -0.4 is 0 Å². The molecule has 0 saturated carbocycles. The van der Waals surface area contributed by atoms with Crippen molar-refractivity contribution in [2.75, 3.05) is 25.4 Å². The molecule has 4 nitrogen and oxygen atoms in total. The number of aliphatic hydroxyl groups excluding tert-OH is 1. The van der Waals surface area contributed by atoms with Gasteiger partial charge >= 0.3 is 0 Å². The first-order valence-electron chi connectivity index (χ1n) is 7.67. The Labute approximate surface area is 127 Å². The van der Waals surface area contributed by atoms with E-state index < -0.39 is 9.84 Å². The highest BCUT2D eigenvalue weighted by atomic mass is 32.2. The number of benzene rings is 1. The smallest absolute Gasteiger partial charge is 0.178 e. The van der Waals surface area contributed by atoms with Crippen LogP contribution in [0.25, 0.3) is 0 Å². The molecule has 0 aliphatic carbocycles. The fourth-order valence-corrected chi connectivity index (χ4v) is 4.34. The van der Waals surface area contributed by atoms with Gasteiger partial charge < -0.3 is 5.11 Å². The molecule has 1 aromatic rings. The van der Waals surface area contributed by atoms with Crippen molar-refractivity contribution in [3.63, 3.8) is 0 Å². The van der Waals surface area contributed by atoms with Crippen LogP contribution in [0.1, 0.15) is 31.2 Å². The zero-order valence-electron chi connectivity index (χ0n) is 12.7. The summed E-state index contributed by atoms with van der Waals surface area (Å²) in [6.07, 6.45) is 3.93. The van der Waals surface area contributed by atoms with Gasteiger partial charge in [-0.1, -0.05) is 18.6 Å². The second-order valence-electron chi connectivity index (χ2n) is 5.86. The molecule has 0 bridgehead atoms. The van der Waals surface area contributed by atoms with Gasteiger partial charge in [0.05, 0.1) is 17.3 Å². The van der Waals surface area contributed by atoms with Gasteiger partial charge in [0.15, 0.2) is 9.84 Å². The molecule has 0 radical (unpaired) electrons. The van der Waals surface area contributed by atoms with E-state index in [0.717, 1.165) is 37.9 Å². The number of hydrogen-bond donors (Lipinski definition) is 1. The van der Waals surface area contributed by atoms with E-state index >= 15 is 0 Å². The van der Waals surface area contributed by atoms with Gasteiger partial charge in [-0.3, -0.25) is 4.90 Å². The van der Waals surface area contributed by atoms with Crippen LogP contribution in [0.15, 0.2) is 29.2 Å². The van der Waals surface area contributed by atoms with Gasteiger partial charge in [-0.2, -0.15) is 0 Å². The van der Waals surface area contributed by atoms with E-state index in [4.69, 9.17) is 0 Å². The summed E-state index contributed by atoms with van der Waals surface area (Å²) in [4.78, 5) is 2.65. The van der Waals surface area contributed by atoms with E-state index in [1.165, 1.54) is 0 Å². The molecular formula is C16H25NO3S.